The molecule has 11 heteroatoms. The van der Waals surface area contributed by atoms with Crippen molar-refractivity contribution >= 4 is 48.3 Å². The van der Waals surface area contributed by atoms with Gasteiger partial charge in [-0.15, -0.1) is 0 Å². The Kier molecular flexibility index (Phi) is 4.42. The number of amides is 2. The quantitative estimate of drug-likeness (QED) is 0.681. The molecule has 1 fully saturated rings. The minimum atomic E-state index is -3.31. The Bertz CT molecular complexity index is 1190. The number of fused-ring (bicyclic) bond motifs is 1. The first kappa shape index (κ1) is 18.6. The van der Waals surface area contributed by atoms with Crippen molar-refractivity contribution in [1.29, 1.82) is 0 Å². The molecule has 146 valence electrons. The van der Waals surface area contributed by atoms with E-state index in [0.717, 1.165) is 6.26 Å². The second-order valence-electron chi connectivity index (χ2n) is 6.64. The first-order valence-corrected chi connectivity index (χ1v) is 11.1. The standard InChI is InChI=1S/C17H16N4O5S2/c1-9-5-13(20-26-9)16(23)21-7-10(8-21)15(22)19-17-18-12-4-3-11(28(2,24)25)6-14(12)27-17/h3-6,10H,7-8H2,1-2H3,(H,18,19,22). The third kappa shape index (κ3) is 3.50. The zero-order chi connectivity index (χ0) is 20.1. The van der Waals surface area contributed by atoms with E-state index in [0.29, 0.717) is 34.2 Å². The van der Waals surface area contributed by atoms with Gasteiger partial charge in [-0.05, 0) is 25.1 Å². The lowest BCUT2D eigenvalue weighted by atomic mass is 9.99. The number of aryl methyl sites for hydroxylation is 1. The molecule has 1 N–H and O–H groups in total. The maximum absolute atomic E-state index is 12.4. The van der Waals surface area contributed by atoms with Crippen molar-refractivity contribution in [1.82, 2.24) is 15.0 Å². The zero-order valence-corrected chi connectivity index (χ0v) is 16.6. The van der Waals surface area contributed by atoms with Crippen LogP contribution in [0.1, 0.15) is 16.2 Å². The minimum absolute atomic E-state index is 0.206. The van der Waals surface area contributed by atoms with Gasteiger partial charge in [0, 0.05) is 25.4 Å². The van der Waals surface area contributed by atoms with Gasteiger partial charge in [-0.1, -0.05) is 16.5 Å². The van der Waals surface area contributed by atoms with Crippen LogP contribution in [-0.4, -0.2) is 54.6 Å². The van der Waals surface area contributed by atoms with E-state index in [1.807, 2.05) is 0 Å². The molecule has 0 unspecified atom stereocenters. The highest BCUT2D eigenvalue weighted by Crippen LogP contribution is 2.29. The summed E-state index contributed by atoms with van der Waals surface area (Å²) in [5.74, 6) is -0.291. The number of likely N-dealkylation sites (tertiary alicyclic amines) is 1. The molecule has 2 aromatic heterocycles. The molecule has 0 spiro atoms. The molecule has 1 saturated heterocycles. The second-order valence-corrected chi connectivity index (χ2v) is 9.69. The van der Waals surface area contributed by atoms with Gasteiger partial charge in [0.15, 0.2) is 20.7 Å². The van der Waals surface area contributed by atoms with Crippen molar-refractivity contribution in [3.05, 3.63) is 35.7 Å². The molecule has 0 atom stereocenters. The summed E-state index contributed by atoms with van der Waals surface area (Å²) in [5.41, 5.74) is 0.837. The number of hydrogen-bond donors (Lipinski definition) is 1. The van der Waals surface area contributed by atoms with Gasteiger partial charge in [-0.2, -0.15) is 0 Å². The Hall–Kier alpha value is -2.79. The predicted octanol–water partition coefficient (Wildman–Crippen LogP) is 1.71. The molecule has 3 aromatic rings. The lowest BCUT2D eigenvalue weighted by Gasteiger charge is -2.37. The van der Waals surface area contributed by atoms with Gasteiger partial charge in [0.1, 0.15) is 5.76 Å². The number of carbonyl (C=O) groups is 2. The van der Waals surface area contributed by atoms with Crippen LogP contribution in [0.2, 0.25) is 0 Å². The highest BCUT2D eigenvalue weighted by molar-refractivity contribution is 7.90. The molecule has 0 bridgehead atoms. The van der Waals surface area contributed by atoms with Gasteiger partial charge in [0.25, 0.3) is 5.91 Å². The molecule has 4 rings (SSSR count). The molecule has 0 saturated carbocycles. The number of aromatic nitrogens is 2. The van der Waals surface area contributed by atoms with Crippen LogP contribution in [0.4, 0.5) is 5.13 Å². The van der Waals surface area contributed by atoms with Crippen LogP contribution in [-0.2, 0) is 14.6 Å². The van der Waals surface area contributed by atoms with Gasteiger partial charge < -0.3 is 14.7 Å². The van der Waals surface area contributed by atoms with Gasteiger partial charge >= 0.3 is 0 Å². The molecule has 3 heterocycles. The van der Waals surface area contributed by atoms with E-state index in [1.165, 1.54) is 22.3 Å². The summed E-state index contributed by atoms with van der Waals surface area (Å²) >= 11 is 1.20. The highest BCUT2D eigenvalue weighted by Gasteiger charge is 2.37. The van der Waals surface area contributed by atoms with Gasteiger partial charge in [0.2, 0.25) is 5.91 Å². The molecule has 1 aliphatic rings. The molecule has 9 nitrogen and oxygen atoms in total. The van der Waals surface area contributed by atoms with Crippen molar-refractivity contribution in [3.63, 3.8) is 0 Å². The molecule has 1 aromatic carbocycles. The van der Waals surface area contributed by atoms with Crippen molar-refractivity contribution in [2.24, 2.45) is 5.92 Å². The van der Waals surface area contributed by atoms with E-state index >= 15 is 0 Å². The smallest absolute Gasteiger partial charge is 0.276 e. The Labute approximate surface area is 164 Å². The Balaban J connectivity index is 1.40. The molecule has 1 aliphatic heterocycles. The van der Waals surface area contributed by atoms with Crippen molar-refractivity contribution in [3.8, 4) is 0 Å². The largest absolute Gasteiger partial charge is 0.361 e. The number of anilines is 1. The van der Waals surface area contributed by atoms with Crippen LogP contribution in [0, 0.1) is 12.8 Å². The number of rotatable bonds is 4. The average Bonchev–Trinajstić information content (AvgIpc) is 3.17. The summed E-state index contributed by atoms with van der Waals surface area (Å²) < 4.78 is 28.9. The summed E-state index contributed by atoms with van der Waals surface area (Å²) in [4.78, 5) is 30.6. The first-order valence-electron chi connectivity index (χ1n) is 8.35. The van der Waals surface area contributed by atoms with E-state index in [4.69, 9.17) is 4.52 Å². The van der Waals surface area contributed by atoms with Gasteiger partial charge in [-0.3, -0.25) is 9.59 Å². The van der Waals surface area contributed by atoms with Crippen LogP contribution < -0.4 is 5.32 Å². The van der Waals surface area contributed by atoms with Crippen LogP contribution in [0.3, 0.4) is 0 Å². The van der Waals surface area contributed by atoms with Crippen molar-refractivity contribution < 1.29 is 22.5 Å². The Morgan fingerprint density at radius 3 is 2.68 bits per heavy atom. The van der Waals surface area contributed by atoms with E-state index in [9.17, 15) is 18.0 Å². The fraction of sp³-hybridized carbons (Fsp3) is 0.294. The number of thiazole rings is 1. The van der Waals surface area contributed by atoms with Gasteiger partial charge in [0.05, 0.1) is 21.0 Å². The second kappa shape index (κ2) is 6.67. The van der Waals surface area contributed by atoms with E-state index in [1.54, 1.807) is 25.1 Å². The predicted molar refractivity (Wildman–Crippen MR) is 102 cm³/mol. The fourth-order valence-electron chi connectivity index (χ4n) is 2.84. The summed E-state index contributed by atoms with van der Waals surface area (Å²) in [6.07, 6.45) is 1.14. The minimum Gasteiger partial charge on any atom is -0.361 e. The van der Waals surface area contributed by atoms with Gasteiger partial charge in [-0.25, -0.2) is 13.4 Å². The van der Waals surface area contributed by atoms with Crippen LogP contribution in [0.15, 0.2) is 33.7 Å². The SMILES string of the molecule is Cc1cc(C(=O)N2CC(C(=O)Nc3nc4ccc(S(C)(=O)=O)cc4s3)C2)no1. The highest BCUT2D eigenvalue weighted by atomic mass is 32.2. The number of benzene rings is 1. The number of hydrogen-bond acceptors (Lipinski definition) is 8. The van der Waals surface area contributed by atoms with E-state index in [-0.39, 0.29) is 28.3 Å². The summed E-state index contributed by atoms with van der Waals surface area (Å²) in [6.45, 7) is 2.28. The maximum atomic E-state index is 12.4. The Morgan fingerprint density at radius 2 is 2.04 bits per heavy atom. The monoisotopic (exact) mass is 420 g/mol. The fourth-order valence-corrected chi connectivity index (χ4v) is 4.47. The lowest BCUT2D eigenvalue weighted by Crippen LogP contribution is -2.54. The number of nitrogens with zero attached hydrogens (tertiary/aromatic N) is 3. The first-order chi connectivity index (χ1) is 13.2. The van der Waals surface area contributed by atoms with Crippen LogP contribution in [0.25, 0.3) is 10.2 Å². The summed E-state index contributed by atoms with van der Waals surface area (Å²) in [6, 6.07) is 6.20. The molecule has 0 aliphatic carbocycles. The lowest BCUT2D eigenvalue weighted by molar-refractivity contribution is -0.123. The normalized spacial score (nSPS) is 14.9. The zero-order valence-electron chi connectivity index (χ0n) is 15.0. The molecule has 2 amide bonds. The van der Waals surface area contributed by atoms with Crippen molar-refractivity contribution in [2.75, 3.05) is 24.7 Å². The number of nitrogens with one attached hydrogen (secondary N) is 1. The molecular weight excluding hydrogens is 404 g/mol. The third-order valence-corrected chi connectivity index (χ3v) is 6.45. The molecule has 28 heavy (non-hydrogen) atoms. The average molecular weight is 420 g/mol. The van der Waals surface area contributed by atoms with Crippen LogP contribution >= 0.6 is 11.3 Å². The van der Waals surface area contributed by atoms with E-state index < -0.39 is 9.84 Å². The molecular formula is C17H16N4O5S2. The maximum Gasteiger partial charge on any atom is 0.276 e. The number of sulfone groups is 1. The van der Waals surface area contributed by atoms with Crippen LogP contribution in [0.5, 0.6) is 0 Å². The Morgan fingerprint density at radius 1 is 1.29 bits per heavy atom. The van der Waals surface area contributed by atoms with E-state index in [2.05, 4.69) is 15.5 Å². The summed E-state index contributed by atoms with van der Waals surface area (Å²) in [7, 11) is -3.31. The van der Waals surface area contributed by atoms with Crippen molar-refractivity contribution in [2.45, 2.75) is 11.8 Å². The third-order valence-electron chi connectivity index (χ3n) is 4.40. The summed E-state index contributed by atoms with van der Waals surface area (Å²) in [5, 5.41) is 6.82. The molecule has 0 radical (unpaired) electrons. The topological polar surface area (TPSA) is 122 Å². The number of carbonyl (C=O) groups excluding carboxylic acids is 2.